The number of nitrogens with zero attached hydrogens (tertiary/aromatic N) is 5. The van der Waals surface area contributed by atoms with E-state index in [1.54, 1.807) is 75.4 Å². The van der Waals surface area contributed by atoms with Crippen LogP contribution in [0.5, 0.6) is 5.75 Å². The van der Waals surface area contributed by atoms with Gasteiger partial charge < -0.3 is 84.2 Å². The van der Waals surface area contributed by atoms with Gasteiger partial charge in [-0.3, -0.25) is 82.5 Å². The van der Waals surface area contributed by atoms with Crippen LogP contribution in [-0.2, 0) is 78.5 Å². The number of aryl methyl sites for hydroxylation is 2. The summed E-state index contributed by atoms with van der Waals surface area (Å²) in [7, 11) is 1.39. The normalized spacial score (nSPS) is 17.7. The van der Waals surface area contributed by atoms with Crippen molar-refractivity contribution in [3.05, 3.63) is 170 Å². The molecule has 17 N–H and O–H groups in total. The molecule has 634 valence electrons. The number of aliphatic carboxylic acids is 3. The number of nitrogens with two attached hydrogens (primary N) is 1. The number of guanidine groups is 1. The Labute approximate surface area is 699 Å². The first-order valence-electron chi connectivity index (χ1n) is 39.8. The van der Waals surface area contributed by atoms with E-state index in [4.69, 9.17) is 11.1 Å². The third-order valence-corrected chi connectivity index (χ3v) is 21.3. The van der Waals surface area contributed by atoms with Gasteiger partial charge in [0, 0.05) is 135 Å². The molecule has 8 rings (SSSR count). The van der Waals surface area contributed by atoms with Crippen molar-refractivity contribution in [2.45, 2.75) is 127 Å². The lowest BCUT2D eigenvalue weighted by molar-refractivity contribution is -0.142. The summed E-state index contributed by atoms with van der Waals surface area (Å²) in [5, 5.41) is 77.9. The SMILES string of the molecule is Cc1ccc(CCCC(=O)Nc2ccc(NC(=O)CCCCC(NCCN3CCN(CC(=O)O)CCN(CC(=O)O)CCN(CC(=O)O)CC3)C(=O)NCc3ccc(C(=O)NCCC[C@@H]4C(=O)N[C@@H](CCCNC(=N)N)C(=O)N[C@@H](Cc5ccc6ccccc6c5)C(=O)NCC(=O)N[C@H](Cc5ccc(O)c(I)c5)C(=O)N4C)cc3)cc2)cc1. The van der Waals surface area contributed by atoms with E-state index in [1.165, 1.54) is 23.6 Å². The minimum atomic E-state index is -1.32. The zero-order chi connectivity index (χ0) is 85.0. The van der Waals surface area contributed by atoms with Crippen LogP contribution in [0.15, 0.2) is 133 Å². The van der Waals surface area contributed by atoms with Gasteiger partial charge in [-0.15, -0.1) is 0 Å². The topological polar surface area (TPSA) is 472 Å². The number of halogens is 1. The number of aromatic hydroxyl groups is 1. The lowest BCUT2D eigenvalue weighted by Gasteiger charge is -2.33. The van der Waals surface area contributed by atoms with Crippen molar-refractivity contribution < 1.29 is 78.0 Å². The van der Waals surface area contributed by atoms with E-state index in [0.717, 1.165) is 22.8 Å². The monoisotopic (exact) mass is 1740 g/mol. The Bertz CT molecular complexity index is 4390. The highest BCUT2D eigenvalue weighted by atomic mass is 127. The second kappa shape index (κ2) is 47.9. The third kappa shape index (κ3) is 32.4. The molecule has 9 amide bonds. The Morgan fingerprint density at radius 3 is 1.69 bits per heavy atom. The molecule has 2 aliphatic rings. The Kier molecular flexibility index (Phi) is 37.5. The first kappa shape index (κ1) is 92.3. The first-order valence-corrected chi connectivity index (χ1v) is 40.8. The zero-order valence-corrected chi connectivity index (χ0v) is 68.8. The highest BCUT2D eigenvalue weighted by Crippen LogP contribution is 2.24. The van der Waals surface area contributed by atoms with Gasteiger partial charge in [-0.05, 0) is 162 Å². The summed E-state index contributed by atoms with van der Waals surface area (Å²) in [5.74, 6) is -8.42. The lowest BCUT2D eigenvalue weighted by atomic mass is 10.00. The van der Waals surface area contributed by atoms with Crippen LogP contribution < -0.4 is 58.9 Å². The summed E-state index contributed by atoms with van der Waals surface area (Å²) >= 11 is 1.93. The average Bonchev–Trinajstić information content (AvgIpc) is 1.16. The zero-order valence-electron chi connectivity index (χ0n) is 66.7. The number of fused-ring (bicyclic) bond motifs is 1. The molecule has 1 unspecified atom stereocenters. The third-order valence-electron chi connectivity index (χ3n) is 20.5. The Balaban J connectivity index is 0.920. The predicted octanol–water partition coefficient (Wildman–Crippen LogP) is 3.34. The van der Waals surface area contributed by atoms with Gasteiger partial charge in [0.2, 0.25) is 47.3 Å². The van der Waals surface area contributed by atoms with E-state index in [1.807, 2.05) is 84.1 Å². The van der Waals surface area contributed by atoms with Crippen molar-refractivity contribution in [2.75, 3.05) is 122 Å². The molecule has 2 fully saturated rings. The smallest absolute Gasteiger partial charge is 0.317 e. The van der Waals surface area contributed by atoms with Crippen LogP contribution in [0.2, 0.25) is 0 Å². The van der Waals surface area contributed by atoms with Crippen molar-refractivity contribution in [1.29, 1.82) is 5.41 Å². The summed E-state index contributed by atoms with van der Waals surface area (Å²) in [6.45, 7) is 3.60. The van der Waals surface area contributed by atoms with Gasteiger partial charge in [-0.2, -0.15) is 0 Å². The molecule has 6 aromatic carbocycles. The Morgan fingerprint density at radius 2 is 1.08 bits per heavy atom. The molecule has 118 heavy (non-hydrogen) atoms. The number of hydrogen-bond acceptors (Lipinski definition) is 19. The van der Waals surface area contributed by atoms with E-state index < -0.39 is 90.1 Å². The number of amides is 9. The maximum Gasteiger partial charge on any atom is 0.317 e. The molecule has 2 saturated heterocycles. The predicted molar refractivity (Wildman–Crippen MR) is 453 cm³/mol. The fourth-order valence-electron chi connectivity index (χ4n) is 13.9. The van der Waals surface area contributed by atoms with Gasteiger partial charge in [0.05, 0.1) is 35.8 Å². The van der Waals surface area contributed by atoms with Gasteiger partial charge in [0.1, 0.15) is 29.9 Å². The molecular formula is C84H110IN17O16. The van der Waals surface area contributed by atoms with Crippen LogP contribution in [0.1, 0.15) is 102 Å². The number of rotatable bonds is 37. The molecule has 0 aliphatic carbocycles. The van der Waals surface area contributed by atoms with Crippen molar-refractivity contribution >= 4 is 122 Å². The summed E-state index contributed by atoms with van der Waals surface area (Å²) < 4.78 is 0.468. The Hall–Kier alpha value is -11.2. The van der Waals surface area contributed by atoms with Crippen molar-refractivity contribution in [1.82, 2.24) is 67.0 Å². The first-order chi connectivity index (χ1) is 56.6. The van der Waals surface area contributed by atoms with Crippen molar-refractivity contribution in [3.8, 4) is 5.75 Å². The van der Waals surface area contributed by atoms with E-state index >= 15 is 0 Å². The van der Waals surface area contributed by atoms with Crippen LogP contribution in [0.3, 0.4) is 0 Å². The number of likely N-dealkylation sites (N-methyl/N-ethyl adjacent to an activating group) is 1. The fraction of sp³-hybridized carbons (Fsp3) is 0.440. The van der Waals surface area contributed by atoms with Gasteiger partial charge in [0.25, 0.3) is 5.91 Å². The van der Waals surface area contributed by atoms with E-state index in [2.05, 4.69) is 70.2 Å². The van der Waals surface area contributed by atoms with Gasteiger partial charge in [-0.25, -0.2) is 0 Å². The number of unbranched alkanes of at least 4 members (excludes halogenated alkanes) is 1. The number of anilines is 2. The van der Waals surface area contributed by atoms with Crippen LogP contribution in [0.4, 0.5) is 11.4 Å². The number of carbonyl (C=O) groups is 12. The Morgan fingerprint density at radius 1 is 0.551 bits per heavy atom. The molecule has 6 aromatic rings. The maximum atomic E-state index is 14.9. The van der Waals surface area contributed by atoms with Gasteiger partial charge >= 0.3 is 17.9 Å². The number of nitrogens with one attached hydrogen (secondary N) is 11. The molecule has 0 spiro atoms. The second-order valence-corrected chi connectivity index (χ2v) is 30.9. The highest BCUT2D eigenvalue weighted by molar-refractivity contribution is 14.1. The molecule has 34 heteroatoms. The maximum absolute atomic E-state index is 14.9. The molecule has 2 heterocycles. The van der Waals surface area contributed by atoms with E-state index in [-0.39, 0.29) is 152 Å². The van der Waals surface area contributed by atoms with Crippen LogP contribution in [-0.4, -0.2) is 264 Å². The molecule has 33 nitrogen and oxygen atoms in total. The fourth-order valence-corrected chi connectivity index (χ4v) is 14.5. The van der Waals surface area contributed by atoms with E-state index in [0.29, 0.717) is 96.5 Å². The number of phenols is 1. The average molecular weight is 1740 g/mol. The number of phenolic OH excluding ortho intramolecular Hbond substituents is 1. The summed E-state index contributed by atoms with van der Waals surface area (Å²) in [6, 6.07) is 33.4. The summed E-state index contributed by atoms with van der Waals surface area (Å²) in [4.78, 5) is 171. The van der Waals surface area contributed by atoms with Crippen molar-refractivity contribution in [3.63, 3.8) is 0 Å². The second-order valence-electron chi connectivity index (χ2n) is 29.7. The van der Waals surface area contributed by atoms with Gasteiger partial charge in [0.15, 0.2) is 5.96 Å². The minimum absolute atomic E-state index is 0.00981. The van der Waals surface area contributed by atoms with Crippen molar-refractivity contribution in [2.24, 2.45) is 5.73 Å². The molecule has 0 bridgehead atoms. The number of hydrogen-bond donors (Lipinski definition) is 16. The largest absolute Gasteiger partial charge is 0.507 e. The quantitative estimate of drug-likeness (QED) is 0.0115. The van der Waals surface area contributed by atoms with Crippen LogP contribution in [0, 0.1) is 15.9 Å². The highest BCUT2D eigenvalue weighted by Gasteiger charge is 2.36. The number of carboxylic acids is 3. The van der Waals surface area contributed by atoms with E-state index in [9.17, 15) is 78.0 Å². The van der Waals surface area contributed by atoms with Crippen LogP contribution in [0.25, 0.3) is 10.8 Å². The van der Waals surface area contributed by atoms with Gasteiger partial charge in [-0.1, -0.05) is 96.9 Å². The van der Waals surface area contributed by atoms with Crippen LogP contribution >= 0.6 is 22.6 Å². The lowest BCUT2D eigenvalue weighted by Crippen LogP contribution is -2.58. The summed E-state index contributed by atoms with van der Waals surface area (Å²) in [6.07, 6.45) is 3.18. The summed E-state index contributed by atoms with van der Waals surface area (Å²) in [5.41, 5.74) is 11.1. The molecule has 0 aromatic heterocycles. The number of carbonyl (C=O) groups excluding carboxylic acids is 9. The number of carboxylic acid groups (broad SMARTS) is 3. The minimum Gasteiger partial charge on any atom is -0.507 e. The molecule has 5 atom stereocenters. The molecular weight excluding hydrogens is 1630 g/mol. The number of benzene rings is 6. The molecule has 2 aliphatic heterocycles. The standard InChI is InChI=1S/C84H110IN17O16/c1-55-18-20-56(21-19-55)10-7-17-73(105)94-64-31-29-63(30-32-64)93-72(104)16-6-5-13-66(88-36-37-99-38-40-100(52-75(107)108)42-44-102(54-77(111)112)45-43-101(41-39-99)53-76(109)110)79(114)91-50-57-22-27-61(28-23-57)78(113)89-34-9-15-70-82(117)96-67(14-8-35-90-84(86)87)81(116)97-68(48-58-24-26-60-11-3-4-12-62(60)46-58)80(115)92-51-74(106)95-69(83(118)98(70)2)49-59-25-33-71(103)65(85)47-59/h3-4,11-12,18-33,46-47,66-70,88,103H,5-10,13-17,34-45,48-54H2,1-2H3,(H,89,113)(H,91,114)(H,92,115)(H,93,104)(H,94,105)(H,95,106)(H,96,117)(H,97,116)(H,107,108)(H,109,110)(H,111,112)(H4,86,87,90)/t66?,67-,68-,69+,70+/m0/s1. The molecule has 0 saturated carbocycles. The molecule has 0 radical (unpaired) electrons.